The van der Waals surface area contributed by atoms with Gasteiger partial charge in [-0.2, -0.15) is 0 Å². The zero-order chi connectivity index (χ0) is 13.1. The Morgan fingerprint density at radius 1 is 1.28 bits per heavy atom. The smallest absolute Gasteiger partial charge is 0.346 e. The zero-order valence-corrected chi connectivity index (χ0v) is 13.1. The Bertz CT molecular complexity index is 563. The number of rotatable bonds is 4. The minimum Gasteiger partial charge on any atom is -0.477 e. The van der Waals surface area contributed by atoms with Crippen LogP contribution in [0.1, 0.15) is 15.2 Å². The molecule has 0 bridgehead atoms. The number of benzene rings is 1. The Labute approximate surface area is 125 Å². The van der Waals surface area contributed by atoms with Gasteiger partial charge in [0, 0.05) is 15.5 Å². The van der Waals surface area contributed by atoms with Crippen LogP contribution in [-0.2, 0) is 6.54 Å². The molecule has 0 atom stereocenters. The first kappa shape index (κ1) is 13.6. The lowest BCUT2D eigenvalue weighted by molar-refractivity contribution is 0.0701. The van der Waals surface area contributed by atoms with Crippen molar-refractivity contribution in [3.63, 3.8) is 0 Å². The van der Waals surface area contributed by atoms with Crippen molar-refractivity contribution in [1.82, 2.24) is 0 Å². The molecular weight excluding hydrogens is 382 g/mol. The lowest BCUT2D eigenvalue weighted by Gasteiger charge is -2.10. The fourth-order valence-corrected chi connectivity index (χ4v) is 3.55. The topological polar surface area (TPSA) is 49.3 Å². The van der Waals surface area contributed by atoms with Gasteiger partial charge in [-0.1, -0.05) is 6.07 Å². The van der Waals surface area contributed by atoms with Crippen LogP contribution >= 0.6 is 43.2 Å². The van der Waals surface area contributed by atoms with E-state index in [0.717, 1.165) is 20.2 Å². The van der Waals surface area contributed by atoms with Gasteiger partial charge in [-0.05, 0) is 61.0 Å². The van der Waals surface area contributed by atoms with Gasteiger partial charge in [-0.25, -0.2) is 4.79 Å². The Kier molecular flexibility index (Phi) is 4.42. The fraction of sp³-hybridized carbons (Fsp3) is 0.0833. The molecule has 0 aliphatic heterocycles. The Morgan fingerprint density at radius 2 is 1.94 bits per heavy atom. The van der Waals surface area contributed by atoms with E-state index < -0.39 is 5.97 Å². The number of halogens is 2. The third kappa shape index (κ3) is 2.93. The third-order valence-electron chi connectivity index (χ3n) is 2.36. The first-order valence-electron chi connectivity index (χ1n) is 5.07. The minimum absolute atomic E-state index is 0.380. The third-order valence-corrected chi connectivity index (χ3v) is 4.63. The van der Waals surface area contributed by atoms with E-state index in [2.05, 4.69) is 37.2 Å². The first-order chi connectivity index (χ1) is 8.59. The molecule has 0 aliphatic rings. The molecular formula is C12H9Br2NO2S. The van der Waals surface area contributed by atoms with Crippen LogP contribution in [0.5, 0.6) is 0 Å². The molecule has 1 aromatic heterocycles. The average Bonchev–Trinajstić information content (AvgIpc) is 2.76. The number of aromatic carboxylic acids is 1. The molecule has 0 unspecified atom stereocenters. The molecule has 0 saturated heterocycles. The molecule has 1 heterocycles. The molecule has 1 aromatic carbocycles. The van der Waals surface area contributed by atoms with E-state index in [0.29, 0.717) is 11.4 Å². The summed E-state index contributed by atoms with van der Waals surface area (Å²) in [6, 6.07) is 7.61. The van der Waals surface area contributed by atoms with E-state index in [4.69, 9.17) is 5.11 Å². The van der Waals surface area contributed by atoms with Crippen molar-refractivity contribution in [2.24, 2.45) is 0 Å². The number of hydrogen-bond donors (Lipinski definition) is 2. The predicted octanol–water partition coefficient (Wildman–Crippen LogP) is 4.58. The second-order valence-electron chi connectivity index (χ2n) is 3.53. The van der Waals surface area contributed by atoms with Gasteiger partial charge in [0.1, 0.15) is 4.88 Å². The van der Waals surface area contributed by atoms with Crippen molar-refractivity contribution in [1.29, 1.82) is 0 Å². The molecule has 2 aromatic rings. The fourth-order valence-electron chi connectivity index (χ4n) is 1.51. The average molecular weight is 391 g/mol. The van der Waals surface area contributed by atoms with E-state index in [-0.39, 0.29) is 0 Å². The SMILES string of the molecule is O=C(O)c1sccc1CNc1c(Br)cccc1Br. The molecule has 0 spiro atoms. The number of carboxylic acid groups (broad SMARTS) is 1. The van der Waals surface area contributed by atoms with Crippen molar-refractivity contribution < 1.29 is 9.90 Å². The summed E-state index contributed by atoms with van der Waals surface area (Å²) in [5.41, 5.74) is 1.70. The molecule has 3 nitrogen and oxygen atoms in total. The Hall–Kier alpha value is -0.850. The second-order valence-corrected chi connectivity index (χ2v) is 6.16. The lowest BCUT2D eigenvalue weighted by Crippen LogP contribution is -2.04. The van der Waals surface area contributed by atoms with Crippen LogP contribution < -0.4 is 5.32 Å². The van der Waals surface area contributed by atoms with Crippen LogP contribution in [0.4, 0.5) is 5.69 Å². The van der Waals surface area contributed by atoms with Crippen LogP contribution in [-0.4, -0.2) is 11.1 Å². The normalized spacial score (nSPS) is 10.3. The van der Waals surface area contributed by atoms with E-state index in [1.807, 2.05) is 24.3 Å². The van der Waals surface area contributed by atoms with Crippen LogP contribution in [0.25, 0.3) is 0 Å². The van der Waals surface area contributed by atoms with Gasteiger partial charge >= 0.3 is 5.97 Å². The number of nitrogens with one attached hydrogen (secondary N) is 1. The molecule has 0 aliphatic carbocycles. The molecule has 0 saturated carbocycles. The maximum Gasteiger partial charge on any atom is 0.346 e. The maximum atomic E-state index is 11.0. The molecule has 0 fully saturated rings. The lowest BCUT2D eigenvalue weighted by atomic mass is 10.2. The van der Waals surface area contributed by atoms with E-state index in [1.165, 1.54) is 11.3 Å². The summed E-state index contributed by atoms with van der Waals surface area (Å²) in [5, 5.41) is 14.0. The molecule has 18 heavy (non-hydrogen) atoms. The highest BCUT2D eigenvalue weighted by Gasteiger charge is 2.12. The quantitative estimate of drug-likeness (QED) is 0.802. The predicted molar refractivity (Wildman–Crippen MR) is 80.4 cm³/mol. The Morgan fingerprint density at radius 3 is 2.56 bits per heavy atom. The van der Waals surface area contributed by atoms with Crippen LogP contribution in [0, 0.1) is 0 Å². The molecule has 94 valence electrons. The number of para-hydroxylation sites is 1. The van der Waals surface area contributed by atoms with Crippen LogP contribution in [0.15, 0.2) is 38.6 Å². The molecule has 2 N–H and O–H groups in total. The van der Waals surface area contributed by atoms with Crippen LogP contribution in [0.3, 0.4) is 0 Å². The highest BCUT2D eigenvalue weighted by atomic mass is 79.9. The summed E-state index contributed by atoms with van der Waals surface area (Å²) in [6.45, 7) is 0.479. The van der Waals surface area contributed by atoms with Gasteiger partial charge in [-0.3, -0.25) is 0 Å². The summed E-state index contributed by atoms with van der Waals surface area (Å²) in [7, 11) is 0. The summed E-state index contributed by atoms with van der Waals surface area (Å²) >= 11 is 8.14. The summed E-state index contributed by atoms with van der Waals surface area (Å²) < 4.78 is 1.87. The van der Waals surface area contributed by atoms with E-state index >= 15 is 0 Å². The number of thiophene rings is 1. The summed E-state index contributed by atoms with van der Waals surface area (Å²) in [4.78, 5) is 11.4. The molecule has 0 radical (unpaired) electrons. The van der Waals surface area contributed by atoms with Gasteiger partial charge in [0.25, 0.3) is 0 Å². The van der Waals surface area contributed by atoms with Crippen molar-refractivity contribution in [3.05, 3.63) is 49.0 Å². The molecule has 6 heteroatoms. The van der Waals surface area contributed by atoms with Crippen LogP contribution in [0.2, 0.25) is 0 Å². The Balaban J connectivity index is 2.17. The minimum atomic E-state index is -0.881. The number of anilines is 1. The summed E-state index contributed by atoms with van der Waals surface area (Å²) in [6.07, 6.45) is 0. The van der Waals surface area contributed by atoms with E-state index in [9.17, 15) is 4.79 Å². The van der Waals surface area contributed by atoms with Crippen molar-refractivity contribution in [2.75, 3.05) is 5.32 Å². The molecule has 2 rings (SSSR count). The van der Waals surface area contributed by atoms with E-state index in [1.54, 1.807) is 5.38 Å². The first-order valence-corrected chi connectivity index (χ1v) is 7.53. The summed E-state index contributed by atoms with van der Waals surface area (Å²) in [5.74, 6) is -0.881. The van der Waals surface area contributed by atoms with Gasteiger partial charge < -0.3 is 10.4 Å². The largest absolute Gasteiger partial charge is 0.477 e. The van der Waals surface area contributed by atoms with Gasteiger partial charge in [0.2, 0.25) is 0 Å². The highest BCUT2D eigenvalue weighted by Crippen LogP contribution is 2.31. The highest BCUT2D eigenvalue weighted by molar-refractivity contribution is 9.11. The van der Waals surface area contributed by atoms with Crippen molar-refractivity contribution in [3.8, 4) is 0 Å². The van der Waals surface area contributed by atoms with Crippen molar-refractivity contribution in [2.45, 2.75) is 6.54 Å². The maximum absolute atomic E-state index is 11.0. The number of carbonyl (C=O) groups is 1. The zero-order valence-electron chi connectivity index (χ0n) is 9.11. The number of carboxylic acids is 1. The monoisotopic (exact) mass is 389 g/mol. The van der Waals surface area contributed by atoms with Gasteiger partial charge in [0.05, 0.1) is 5.69 Å². The standard InChI is InChI=1S/C12H9Br2NO2S/c13-8-2-1-3-9(14)10(8)15-6-7-4-5-18-11(7)12(16)17/h1-5,15H,6H2,(H,16,17). The number of hydrogen-bond acceptors (Lipinski definition) is 3. The molecule has 0 amide bonds. The van der Waals surface area contributed by atoms with Crippen molar-refractivity contribution >= 4 is 54.9 Å². The van der Waals surface area contributed by atoms with Gasteiger partial charge in [0.15, 0.2) is 0 Å². The van der Waals surface area contributed by atoms with Gasteiger partial charge in [-0.15, -0.1) is 11.3 Å². The second kappa shape index (κ2) is 5.86.